The highest BCUT2D eigenvalue weighted by Crippen LogP contribution is 2.38. The second kappa shape index (κ2) is 9.28. The van der Waals surface area contributed by atoms with E-state index < -0.39 is 0 Å². The van der Waals surface area contributed by atoms with Crippen LogP contribution >= 0.6 is 0 Å². The first-order valence-electron chi connectivity index (χ1n) is 10.0. The van der Waals surface area contributed by atoms with Gasteiger partial charge in [0.15, 0.2) is 17.1 Å². The Morgan fingerprint density at radius 1 is 0.970 bits per heavy atom. The Bertz CT molecular complexity index is 1420. The minimum Gasteiger partial charge on any atom is -0.493 e. The molecule has 0 spiro atoms. The number of hydrogen-bond donors (Lipinski definition) is 0. The van der Waals surface area contributed by atoms with E-state index in [2.05, 4.69) is 15.9 Å². The molecule has 0 N–H and O–H groups in total. The number of benzene rings is 2. The first kappa shape index (κ1) is 21.7. The van der Waals surface area contributed by atoms with Crippen molar-refractivity contribution in [2.24, 2.45) is 0 Å². The van der Waals surface area contributed by atoms with Crippen molar-refractivity contribution in [1.29, 1.82) is 0 Å². The second-order valence-corrected chi connectivity index (χ2v) is 6.97. The SMILES string of the molecule is C#Cc1ccc(-n2c(C=Cc3cc(OC)c(OC)c(OC)c3)nc3ncccc3c2=O)cc1. The Kier molecular flexibility index (Phi) is 6.09. The van der Waals surface area contributed by atoms with Crippen molar-refractivity contribution in [3.63, 3.8) is 0 Å². The van der Waals surface area contributed by atoms with Crippen LogP contribution in [0.3, 0.4) is 0 Å². The van der Waals surface area contributed by atoms with E-state index in [0.717, 1.165) is 11.1 Å². The largest absolute Gasteiger partial charge is 0.493 e. The van der Waals surface area contributed by atoms with Crippen molar-refractivity contribution in [2.45, 2.75) is 0 Å². The summed E-state index contributed by atoms with van der Waals surface area (Å²) in [6.07, 6.45) is 10.6. The molecule has 2 aromatic carbocycles. The molecule has 0 aliphatic carbocycles. The van der Waals surface area contributed by atoms with Gasteiger partial charge in [0.2, 0.25) is 5.75 Å². The third kappa shape index (κ3) is 4.14. The molecule has 0 saturated heterocycles. The lowest BCUT2D eigenvalue weighted by Gasteiger charge is -2.13. The molecule has 7 heteroatoms. The number of methoxy groups -OCH3 is 3. The van der Waals surface area contributed by atoms with Crippen molar-refractivity contribution < 1.29 is 14.2 Å². The lowest BCUT2D eigenvalue weighted by molar-refractivity contribution is 0.324. The summed E-state index contributed by atoms with van der Waals surface area (Å²) in [6, 6.07) is 14.2. The molecule has 0 atom stereocenters. The summed E-state index contributed by atoms with van der Waals surface area (Å²) in [4.78, 5) is 22.2. The molecular formula is C26H21N3O4. The monoisotopic (exact) mass is 439 g/mol. The molecule has 164 valence electrons. The highest BCUT2D eigenvalue weighted by atomic mass is 16.5. The molecule has 0 unspecified atom stereocenters. The number of hydrogen-bond acceptors (Lipinski definition) is 6. The Hall–Kier alpha value is -4.57. The number of aromatic nitrogens is 3. The van der Waals surface area contributed by atoms with Crippen LogP contribution in [0.5, 0.6) is 17.2 Å². The molecule has 4 rings (SSSR count). The number of nitrogens with zero attached hydrogens (tertiary/aromatic N) is 3. The molecular weight excluding hydrogens is 418 g/mol. The highest BCUT2D eigenvalue weighted by Gasteiger charge is 2.14. The first-order valence-corrected chi connectivity index (χ1v) is 10.0. The smallest absolute Gasteiger partial charge is 0.267 e. The topological polar surface area (TPSA) is 75.5 Å². The molecule has 7 nitrogen and oxygen atoms in total. The quantitative estimate of drug-likeness (QED) is 0.424. The van der Waals surface area contributed by atoms with Gasteiger partial charge in [0, 0.05) is 11.8 Å². The van der Waals surface area contributed by atoms with Gasteiger partial charge in [0.05, 0.1) is 32.4 Å². The number of rotatable bonds is 6. The van der Waals surface area contributed by atoms with Crippen LogP contribution in [0.2, 0.25) is 0 Å². The van der Waals surface area contributed by atoms with E-state index in [0.29, 0.717) is 39.8 Å². The summed E-state index contributed by atoms with van der Waals surface area (Å²) in [5.41, 5.74) is 2.27. The molecule has 0 aliphatic heterocycles. The highest BCUT2D eigenvalue weighted by molar-refractivity contribution is 5.77. The third-order valence-corrected chi connectivity index (χ3v) is 5.07. The molecule has 0 bridgehead atoms. The van der Waals surface area contributed by atoms with E-state index in [4.69, 9.17) is 20.6 Å². The molecule has 0 aliphatic rings. The molecule has 33 heavy (non-hydrogen) atoms. The minimum atomic E-state index is -0.230. The maximum absolute atomic E-state index is 13.4. The van der Waals surface area contributed by atoms with Gasteiger partial charge in [-0.2, -0.15) is 0 Å². The summed E-state index contributed by atoms with van der Waals surface area (Å²) in [5, 5.41) is 0.420. The van der Waals surface area contributed by atoms with Crippen LogP contribution in [-0.2, 0) is 0 Å². The predicted octanol–water partition coefficient (Wildman–Crippen LogP) is 3.96. The zero-order chi connectivity index (χ0) is 23.4. The summed E-state index contributed by atoms with van der Waals surface area (Å²) in [5.74, 6) is 4.53. The van der Waals surface area contributed by atoms with Crippen molar-refractivity contribution in [1.82, 2.24) is 14.5 Å². The number of pyridine rings is 1. The van der Waals surface area contributed by atoms with E-state index in [1.165, 1.54) is 4.57 Å². The minimum absolute atomic E-state index is 0.230. The van der Waals surface area contributed by atoms with E-state index in [1.807, 2.05) is 6.08 Å². The number of terminal acetylenes is 1. The standard InChI is InChI=1S/C26H21N3O4/c1-5-17-8-11-19(12-9-17)29-23(28-25-20(26(29)30)7-6-14-27-25)13-10-18-15-21(31-2)24(33-4)22(16-18)32-3/h1,6-16H,2-4H3. The Labute approximate surface area is 190 Å². The van der Waals surface area contributed by atoms with E-state index >= 15 is 0 Å². The maximum atomic E-state index is 13.4. The summed E-state index contributed by atoms with van der Waals surface area (Å²) in [7, 11) is 4.66. The van der Waals surface area contributed by atoms with Gasteiger partial charge >= 0.3 is 0 Å². The molecule has 0 radical (unpaired) electrons. The van der Waals surface area contributed by atoms with Crippen LogP contribution < -0.4 is 19.8 Å². The molecule has 0 fully saturated rings. The van der Waals surface area contributed by atoms with Crippen molar-refractivity contribution in [2.75, 3.05) is 21.3 Å². The zero-order valence-electron chi connectivity index (χ0n) is 18.4. The zero-order valence-corrected chi connectivity index (χ0v) is 18.4. The Balaban J connectivity index is 1.89. The van der Waals surface area contributed by atoms with Gasteiger partial charge in [0.1, 0.15) is 5.82 Å². The molecule has 2 heterocycles. The van der Waals surface area contributed by atoms with Crippen LogP contribution in [0.25, 0.3) is 28.9 Å². The fraction of sp³-hybridized carbons (Fsp3) is 0.115. The van der Waals surface area contributed by atoms with Crippen LogP contribution in [-0.4, -0.2) is 35.9 Å². The lowest BCUT2D eigenvalue weighted by atomic mass is 10.1. The van der Waals surface area contributed by atoms with Crippen molar-refractivity contribution in [3.05, 3.63) is 82.0 Å². The van der Waals surface area contributed by atoms with Crippen LogP contribution in [0.15, 0.2) is 59.5 Å². The van der Waals surface area contributed by atoms with E-state index in [9.17, 15) is 4.79 Å². The maximum Gasteiger partial charge on any atom is 0.267 e. The fourth-order valence-corrected chi connectivity index (χ4v) is 3.47. The summed E-state index contributed by atoms with van der Waals surface area (Å²) >= 11 is 0. The van der Waals surface area contributed by atoms with Gasteiger partial charge < -0.3 is 14.2 Å². The van der Waals surface area contributed by atoms with Gasteiger partial charge in [-0.15, -0.1) is 6.42 Å². The van der Waals surface area contributed by atoms with Gasteiger partial charge in [-0.1, -0.05) is 12.0 Å². The van der Waals surface area contributed by atoms with Crippen molar-refractivity contribution >= 4 is 23.2 Å². The Morgan fingerprint density at radius 3 is 2.27 bits per heavy atom. The van der Waals surface area contributed by atoms with E-state index in [-0.39, 0.29) is 5.56 Å². The van der Waals surface area contributed by atoms with Crippen molar-refractivity contribution in [3.8, 4) is 35.3 Å². The normalized spacial score (nSPS) is 10.8. The average Bonchev–Trinajstić information content (AvgIpc) is 2.87. The second-order valence-electron chi connectivity index (χ2n) is 6.97. The van der Waals surface area contributed by atoms with Gasteiger partial charge in [-0.25, -0.2) is 9.97 Å². The number of fused-ring (bicyclic) bond motifs is 1. The van der Waals surface area contributed by atoms with E-state index in [1.54, 1.807) is 82.1 Å². The van der Waals surface area contributed by atoms with Gasteiger partial charge in [0.25, 0.3) is 5.56 Å². The Morgan fingerprint density at radius 2 is 1.67 bits per heavy atom. The fourth-order valence-electron chi connectivity index (χ4n) is 3.47. The molecule has 0 amide bonds. The summed E-state index contributed by atoms with van der Waals surface area (Å²) in [6.45, 7) is 0. The van der Waals surface area contributed by atoms with Crippen LogP contribution in [0, 0.1) is 12.3 Å². The van der Waals surface area contributed by atoms with Crippen LogP contribution in [0.1, 0.15) is 17.0 Å². The van der Waals surface area contributed by atoms with Gasteiger partial charge in [-0.05, 0) is 60.2 Å². The predicted molar refractivity (Wildman–Crippen MR) is 128 cm³/mol. The first-order chi connectivity index (χ1) is 16.1. The molecule has 2 aromatic heterocycles. The lowest BCUT2D eigenvalue weighted by Crippen LogP contribution is -2.22. The molecule has 0 saturated carbocycles. The van der Waals surface area contributed by atoms with Gasteiger partial charge in [-0.3, -0.25) is 9.36 Å². The average molecular weight is 439 g/mol. The molecule has 4 aromatic rings. The summed E-state index contributed by atoms with van der Waals surface area (Å²) < 4.78 is 17.8. The third-order valence-electron chi connectivity index (χ3n) is 5.07. The number of ether oxygens (including phenoxy) is 3. The van der Waals surface area contributed by atoms with Crippen LogP contribution in [0.4, 0.5) is 0 Å².